The summed E-state index contributed by atoms with van der Waals surface area (Å²) in [6, 6.07) is 5.89. The quantitative estimate of drug-likeness (QED) is 0.813. The molecule has 3 nitrogen and oxygen atoms in total. The van der Waals surface area contributed by atoms with Crippen molar-refractivity contribution in [2.24, 2.45) is 17.8 Å². The van der Waals surface area contributed by atoms with E-state index in [9.17, 15) is 0 Å². The fourth-order valence-corrected chi connectivity index (χ4v) is 4.95. The number of rotatable bonds is 2. The summed E-state index contributed by atoms with van der Waals surface area (Å²) in [5.74, 6) is 3.25. The fraction of sp³-hybridized carbons (Fsp3) is 0.625. The first kappa shape index (κ1) is 11.3. The van der Waals surface area contributed by atoms with Gasteiger partial charge in [0.05, 0.1) is 0 Å². The van der Waals surface area contributed by atoms with Crippen molar-refractivity contribution >= 4 is 0 Å². The maximum Gasteiger partial charge on any atom is 0.182 e. The number of hydrogen-bond donors (Lipinski definition) is 0. The van der Waals surface area contributed by atoms with Crippen LogP contribution in [0.5, 0.6) is 5.75 Å². The third kappa shape index (κ3) is 1.82. The van der Waals surface area contributed by atoms with Gasteiger partial charge in [0, 0.05) is 6.20 Å². The summed E-state index contributed by atoms with van der Waals surface area (Å²) in [5.41, 5.74) is 0.432. The van der Waals surface area contributed by atoms with Crippen molar-refractivity contribution in [3.05, 3.63) is 24.0 Å². The number of aromatic nitrogens is 1. The number of pyridine rings is 1. The molecule has 0 atom stereocenters. The Morgan fingerprint density at radius 2 is 1.79 bits per heavy atom. The van der Waals surface area contributed by atoms with Gasteiger partial charge in [-0.25, -0.2) is 4.98 Å². The van der Waals surface area contributed by atoms with Crippen molar-refractivity contribution in [2.45, 2.75) is 44.1 Å². The van der Waals surface area contributed by atoms with E-state index in [1.165, 1.54) is 38.5 Å². The summed E-state index contributed by atoms with van der Waals surface area (Å²) < 4.78 is 6.35. The average molecular weight is 254 g/mol. The summed E-state index contributed by atoms with van der Waals surface area (Å²) in [7, 11) is 0. The number of ether oxygens (including phenoxy) is 1. The molecule has 5 rings (SSSR count). The number of nitriles is 1. The van der Waals surface area contributed by atoms with Crippen LogP contribution in [0.3, 0.4) is 0 Å². The van der Waals surface area contributed by atoms with Crippen LogP contribution in [0, 0.1) is 29.1 Å². The molecule has 1 aromatic heterocycles. The van der Waals surface area contributed by atoms with E-state index in [1.54, 1.807) is 6.20 Å². The van der Waals surface area contributed by atoms with Crippen LogP contribution in [0.15, 0.2) is 18.3 Å². The van der Waals surface area contributed by atoms with Gasteiger partial charge in [0.1, 0.15) is 11.7 Å². The molecule has 0 N–H and O–H groups in total. The van der Waals surface area contributed by atoms with Crippen molar-refractivity contribution in [1.29, 1.82) is 5.26 Å². The van der Waals surface area contributed by atoms with E-state index in [0.29, 0.717) is 11.4 Å². The molecule has 0 spiro atoms. The minimum Gasteiger partial charge on any atom is -0.484 e. The van der Waals surface area contributed by atoms with E-state index in [1.807, 2.05) is 12.1 Å². The Kier molecular flexibility index (Phi) is 2.35. The lowest BCUT2D eigenvalue weighted by Crippen LogP contribution is -2.53. The molecule has 19 heavy (non-hydrogen) atoms. The summed E-state index contributed by atoms with van der Waals surface area (Å²) in [5, 5.41) is 9.14. The molecule has 0 aromatic carbocycles. The molecule has 0 unspecified atom stereocenters. The molecule has 1 aromatic rings. The van der Waals surface area contributed by atoms with Crippen LogP contribution in [0.25, 0.3) is 0 Å². The Morgan fingerprint density at radius 3 is 2.37 bits per heavy atom. The lowest BCUT2D eigenvalue weighted by molar-refractivity contribution is -0.107. The van der Waals surface area contributed by atoms with Gasteiger partial charge in [0.15, 0.2) is 11.4 Å². The second-order valence-corrected chi connectivity index (χ2v) is 6.66. The SMILES string of the molecule is N#Cc1ncccc1OC12CC3CC(CC(C3)C1)C2. The third-order valence-electron chi connectivity index (χ3n) is 5.19. The Labute approximate surface area is 113 Å². The van der Waals surface area contributed by atoms with Gasteiger partial charge in [-0.05, 0) is 68.4 Å². The lowest BCUT2D eigenvalue weighted by Gasteiger charge is -2.56. The topological polar surface area (TPSA) is 45.9 Å². The van der Waals surface area contributed by atoms with Gasteiger partial charge in [0.2, 0.25) is 0 Å². The molecule has 0 aliphatic heterocycles. The second kappa shape index (κ2) is 3.96. The lowest BCUT2D eigenvalue weighted by atomic mass is 9.54. The van der Waals surface area contributed by atoms with Gasteiger partial charge in [-0.2, -0.15) is 5.26 Å². The molecule has 4 saturated carbocycles. The smallest absolute Gasteiger partial charge is 0.182 e. The van der Waals surface area contributed by atoms with Crippen molar-refractivity contribution < 1.29 is 4.74 Å². The first-order valence-corrected chi connectivity index (χ1v) is 7.30. The number of nitrogens with zero attached hydrogens (tertiary/aromatic N) is 2. The van der Waals surface area contributed by atoms with Crippen molar-refractivity contribution in [1.82, 2.24) is 4.98 Å². The number of hydrogen-bond acceptors (Lipinski definition) is 3. The van der Waals surface area contributed by atoms with Crippen molar-refractivity contribution in [2.75, 3.05) is 0 Å². The third-order valence-corrected chi connectivity index (χ3v) is 5.19. The molecule has 1 heterocycles. The summed E-state index contributed by atoms with van der Waals surface area (Å²) in [6.07, 6.45) is 9.41. The van der Waals surface area contributed by atoms with Crippen LogP contribution >= 0.6 is 0 Å². The molecular formula is C16H18N2O. The molecular weight excluding hydrogens is 236 g/mol. The van der Waals surface area contributed by atoms with E-state index in [-0.39, 0.29) is 5.60 Å². The summed E-state index contributed by atoms with van der Waals surface area (Å²) in [6.45, 7) is 0. The molecule has 98 valence electrons. The maximum atomic E-state index is 9.14. The van der Waals surface area contributed by atoms with Crippen molar-refractivity contribution in [3.63, 3.8) is 0 Å². The highest BCUT2D eigenvalue weighted by molar-refractivity contribution is 5.37. The molecule has 0 radical (unpaired) electrons. The Hall–Kier alpha value is -1.56. The Morgan fingerprint density at radius 1 is 1.16 bits per heavy atom. The minimum atomic E-state index is 0.00336. The molecule has 4 aliphatic carbocycles. The zero-order valence-electron chi connectivity index (χ0n) is 11.0. The van der Waals surface area contributed by atoms with Crippen LogP contribution in [0.1, 0.15) is 44.2 Å². The highest BCUT2D eigenvalue weighted by Gasteiger charge is 2.52. The van der Waals surface area contributed by atoms with Crippen LogP contribution in [0.4, 0.5) is 0 Å². The largest absolute Gasteiger partial charge is 0.484 e. The Balaban J connectivity index is 1.64. The first-order chi connectivity index (χ1) is 9.26. The van der Waals surface area contributed by atoms with Crippen LogP contribution in [0.2, 0.25) is 0 Å². The predicted molar refractivity (Wildman–Crippen MR) is 70.5 cm³/mol. The predicted octanol–water partition coefficient (Wildman–Crippen LogP) is 3.30. The van der Waals surface area contributed by atoms with E-state index in [4.69, 9.17) is 10.00 Å². The van der Waals surface area contributed by atoms with Gasteiger partial charge in [-0.3, -0.25) is 0 Å². The van der Waals surface area contributed by atoms with Gasteiger partial charge in [0.25, 0.3) is 0 Å². The highest BCUT2D eigenvalue weighted by atomic mass is 16.5. The molecule has 3 heteroatoms. The molecule has 0 amide bonds. The van der Waals surface area contributed by atoms with E-state index in [0.717, 1.165) is 17.8 Å². The zero-order chi connectivity index (χ0) is 12.9. The highest BCUT2D eigenvalue weighted by Crippen LogP contribution is 2.57. The zero-order valence-corrected chi connectivity index (χ0v) is 11.0. The fourth-order valence-electron chi connectivity index (χ4n) is 4.95. The maximum absolute atomic E-state index is 9.14. The van der Waals surface area contributed by atoms with Gasteiger partial charge < -0.3 is 4.74 Å². The molecule has 4 bridgehead atoms. The molecule has 4 aliphatic rings. The van der Waals surface area contributed by atoms with Crippen molar-refractivity contribution in [3.8, 4) is 11.8 Å². The molecule has 0 saturated heterocycles. The van der Waals surface area contributed by atoms with E-state index >= 15 is 0 Å². The second-order valence-electron chi connectivity index (χ2n) is 6.66. The van der Waals surface area contributed by atoms with Gasteiger partial charge in [-0.15, -0.1) is 0 Å². The normalized spacial score (nSPS) is 39.0. The van der Waals surface area contributed by atoms with Gasteiger partial charge >= 0.3 is 0 Å². The minimum absolute atomic E-state index is 0.00336. The summed E-state index contributed by atoms with van der Waals surface area (Å²) in [4.78, 5) is 4.11. The standard InChI is InChI=1S/C16H18N2O/c17-10-14-15(2-1-3-18-14)19-16-7-11-4-12(8-16)6-13(5-11)9-16/h1-3,11-13H,4-9H2. The monoisotopic (exact) mass is 254 g/mol. The van der Waals surface area contributed by atoms with Gasteiger partial charge in [-0.1, -0.05) is 0 Å². The van der Waals surface area contributed by atoms with Crippen LogP contribution < -0.4 is 4.74 Å². The van der Waals surface area contributed by atoms with E-state index in [2.05, 4.69) is 11.1 Å². The first-order valence-electron chi connectivity index (χ1n) is 7.30. The Bertz CT molecular complexity index is 511. The van der Waals surface area contributed by atoms with E-state index < -0.39 is 0 Å². The molecule has 4 fully saturated rings. The summed E-state index contributed by atoms with van der Waals surface area (Å²) >= 11 is 0. The van der Waals surface area contributed by atoms with Crippen LogP contribution in [-0.2, 0) is 0 Å². The van der Waals surface area contributed by atoms with Crippen LogP contribution in [-0.4, -0.2) is 10.6 Å². The average Bonchev–Trinajstić information content (AvgIpc) is 2.37.